The number of rotatable bonds is 14. The van der Waals surface area contributed by atoms with Gasteiger partial charge in [-0.25, -0.2) is 9.07 Å². The highest BCUT2D eigenvalue weighted by atomic mass is 19.1. The molecule has 8 nitrogen and oxygen atoms in total. The molecule has 3 rings (SSSR count). The van der Waals surface area contributed by atoms with Crippen molar-refractivity contribution in [1.82, 2.24) is 14.8 Å². The van der Waals surface area contributed by atoms with E-state index in [1.807, 2.05) is 31.2 Å². The van der Waals surface area contributed by atoms with E-state index in [1.54, 1.807) is 22.9 Å². The van der Waals surface area contributed by atoms with Gasteiger partial charge in [-0.15, -0.1) is 11.7 Å². The molecule has 33 heavy (non-hydrogen) atoms. The molecular formula is C24H29FN4O4. The van der Waals surface area contributed by atoms with Gasteiger partial charge in [0.15, 0.2) is 5.82 Å². The summed E-state index contributed by atoms with van der Waals surface area (Å²) in [6.07, 6.45) is 0.993. The molecule has 1 aromatic heterocycles. The van der Waals surface area contributed by atoms with Crippen molar-refractivity contribution in [2.75, 3.05) is 44.9 Å². The second-order valence-corrected chi connectivity index (χ2v) is 7.09. The zero-order valence-electron chi connectivity index (χ0n) is 18.6. The predicted molar refractivity (Wildman–Crippen MR) is 124 cm³/mol. The van der Waals surface area contributed by atoms with E-state index in [1.165, 1.54) is 12.1 Å². The van der Waals surface area contributed by atoms with Crippen LogP contribution in [0.15, 0.2) is 61.2 Å². The molecule has 0 amide bonds. The van der Waals surface area contributed by atoms with E-state index in [9.17, 15) is 9.50 Å². The Morgan fingerprint density at radius 1 is 1.18 bits per heavy atom. The van der Waals surface area contributed by atoms with Crippen molar-refractivity contribution in [3.05, 3.63) is 67.0 Å². The minimum atomic E-state index is -0.643. The fraction of sp³-hybridized carbons (Fsp3) is 0.333. The number of hydrogen-bond acceptors (Lipinski definition) is 7. The molecule has 9 heteroatoms. The highest BCUT2D eigenvalue weighted by Gasteiger charge is 2.15. The molecule has 0 spiro atoms. The quantitative estimate of drug-likeness (QED) is 0.284. The smallest absolute Gasteiger partial charge is 0.336 e. The molecule has 0 aliphatic heterocycles. The minimum absolute atomic E-state index is 0.179. The van der Waals surface area contributed by atoms with Crippen molar-refractivity contribution in [1.29, 1.82) is 0 Å². The molecule has 0 radical (unpaired) electrons. The maximum atomic E-state index is 13.8. The average Bonchev–Trinajstić information content (AvgIpc) is 3.25. The molecule has 0 saturated carbocycles. The second kappa shape index (κ2) is 12.7. The highest BCUT2D eigenvalue weighted by Crippen LogP contribution is 2.25. The molecule has 0 fully saturated rings. The summed E-state index contributed by atoms with van der Waals surface area (Å²) >= 11 is 0. The molecule has 3 aromatic rings. The maximum absolute atomic E-state index is 13.8. The molecule has 0 aliphatic carbocycles. The number of hydrogen-bond donors (Lipinski definition) is 2. The summed E-state index contributed by atoms with van der Waals surface area (Å²) in [5.41, 5.74) is 2.12. The topological polar surface area (TPSA) is 90.7 Å². The SMILES string of the molecule is C=CCOCC(O)CNc1ccc(-n2nc(OCCOCC)nc2-c2cccc(F)c2)cc1. The number of aliphatic hydroxyl groups is 1. The molecule has 2 aromatic carbocycles. The van der Waals surface area contributed by atoms with Crippen LogP contribution < -0.4 is 10.1 Å². The first-order chi connectivity index (χ1) is 16.1. The third-order valence-electron chi connectivity index (χ3n) is 4.53. The van der Waals surface area contributed by atoms with Crippen molar-refractivity contribution < 1.29 is 23.7 Å². The standard InChI is InChI=1S/C24H29FN4O4/c1-3-12-32-17-22(30)16-26-20-8-10-21(11-9-20)29-23(18-6-5-7-19(25)15-18)27-24(28-29)33-14-13-31-4-2/h3,5-11,15,22,26,30H,1,4,12-14,16-17H2,2H3. The third kappa shape index (κ3) is 7.38. The summed E-state index contributed by atoms with van der Waals surface area (Å²) in [5, 5.41) is 17.6. The Morgan fingerprint density at radius 3 is 2.73 bits per heavy atom. The molecule has 2 N–H and O–H groups in total. The van der Waals surface area contributed by atoms with E-state index in [2.05, 4.69) is 22.0 Å². The Kier molecular flexibility index (Phi) is 9.37. The van der Waals surface area contributed by atoms with Crippen LogP contribution in [-0.2, 0) is 9.47 Å². The Balaban J connectivity index is 1.74. The Morgan fingerprint density at radius 2 is 2.00 bits per heavy atom. The first-order valence-electron chi connectivity index (χ1n) is 10.7. The molecule has 1 unspecified atom stereocenters. The van der Waals surface area contributed by atoms with E-state index in [4.69, 9.17) is 14.2 Å². The van der Waals surface area contributed by atoms with Gasteiger partial charge < -0.3 is 24.6 Å². The number of aliphatic hydroxyl groups excluding tert-OH is 1. The van der Waals surface area contributed by atoms with E-state index in [0.717, 1.165) is 11.4 Å². The first-order valence-corrected chi connectivity index (χ1v) is 10.7. The Bertz CT molecular complexity index is 1010. The van der Waals surface area contributed by atoms with Crippen LogP contribution >= 0.6 is 0 Å². The number of aromatic nitrogens is 3. The number of nitrogens with one attached hydrogen (secondary N) is 1. The molecule has 0 bridgehead atoms. The summed E-state index contributed by atoms with van der Waals surface area (Å²) in [7, 11) is 0. The molecule has 176 valence electrons. The van der Waals surface area contributed by atoms with Crippen molar-refractivity contribution in [3.8, 4) is 23.1 Å². The normalized spacial score (nSPS) is 11.8. The minimum Gasteiger partial charge on any atom is -0.460 e. The molecule has 1 heterocycles. The van der Waals surface area contributed by atoms with Gasteiger partial charge in [0.1, 0.15) is 12.4 Å². The van der Waals surface area contributed by atoms with E-state index in [0.29, 0.717) is 44.4 Å². The lowest BCUT2D eigenvalue weighted by atomic mass is 10.2. The molecule has 1 atom stereocenters. The summed E-state index contributed by atoms with van der Waals surface area (Å²) < 4.78 is 31.6. The van der Waals surface area contributed by atoms with Crippen molar-refractivity contribution >= 4 is 5.69 Å². The number of ether oxygens (including phenoxy) is 3. The van der Waals surface area contributed by atoms with Gasteiger partial charge in [0, 0.05) is 24.4 Å². The fourth-order valence-electron chi connectivity index (χ4n) is 2.99. The van der Waals surface area contributed by atoms with Gasteiger partial charge >= 0.3 is 6.01 Å². The van der Waals surface area contributed by atoms with Crippen molar-refractivity contribution in [3.63, 3.8) is 0 Å². The maximum Gasteiger partial charge on any atom is 0.336 e. The molecular weight excluding hydrogens is 427 g/mol. The van der Waals surface area contributed by atoms with E-state index >= 15 is 0 Å². The lowest BCUT2D eigenvalue weighted by Crippen LogP contribution is -2.24. The number of anilines is 1. The van der Waals surface area contributed by atoms with Gasteiger partial charge in [-0.1, -0.05) is 18.2 Å². The van der Waals surface area contributed by atoms with Crippen LogP contribution in [-0.4, -0.2) is 65.6 Å². The van der Waals surface area contributed by atoms with Crippen LogP contribution in [0.3, 0.4) is 0 Å². The number of halogens is 1. The van der Waals surface area contributed by atoms with Crippen LogP contribution in [0.5, 0.6) is 6.01 Å². The highest BCUT2D eigenvalue weighted by molar-refractivity contribution is 5.59. The summed E-state index contributed by atoms with van der Waals surface area (Å²) in [6.45, 7) is 7.76. The predicted octanol–water partition coefficient (Wildman–Crippen LogP) is 3.46. The fourth-order valence-corrected chi connectivity index (χ4v) is 2.99. The van der Waals surface area contributed by atoms with Gasteiger partial charge in [-0.05, 0) is 43.3 Å². The third-order valence-corrected chi connectivity index (χ3v) is 4.53. The summed E-state index contributed by atoms with van der Waals surface area (Å²) in [4.78, 5) is 4.45. The average molecular weight is 457 g/mol. The molecule has 0 aliphatic rings. The zero-order chi connectivity index (χ0) is 23.5. The van der Waals surface area contributed by atoms with Crippen LogP contribution in [0.25, 0.3) is 17.1 Å². The van der Waals surface area contributed by atoms with Gasteiger partial charge in [0.05, 0.1) is 31.6 Å². The van der Waals surface area contributed by atoms with Crippen molar-refractivity contribution in [2.24, 2.45) is 0 Å². The van der Waals surface area contributed by atoms with E-state index in [-0.39, 0.29) is 18.4 Å². The second-order valence-electron chi connectivity index (χ2n) is 7.09. The van der Waals surface area contributed by atoms with Gasteiger partial charge in [-0.3, -0.25) is 0 Å². The van der Waals surface area contributed by atoms with Crippen LogP contribution in [0.1, 0.15) is 6.92 Å². The Labute approximate surface area is 192 Å². The summed E-state index contributed by atoms with van der Waals surface area (Å²) in [5.74, 6) is 0.0902. The van der Waals surface area contributed by atoms with Crippen LogP contribution in [0.2, 0.25) is 0 Å². The summed E-state index contributed by atoms with van der Waals surface area (Å²) in [6, 6.07) is 13.8. The van der Waals surface area contributed by atoms with Gasteiger partial charge in [-0.2, -0.15) is 4.98 Å². The lowest BCUT2D eigenvalue weighted by molar-refractivity contribution is 0.0566. The van der Waals surface area contributed by atoms with Crippen LogP contribution in [0, 0.1) is 5.82 Å². The number of benzene rings is 2. The van der Waals surface area contributed by atoms with Crippen LogP contribution in [0.4, 0.5) is 10.1 Å². The number of nitrogens with zero attached hydrogens (tertiary/aromatic N) is 3. The monoisotopic (exact) mass is 456 g/mol. The zero-order valence-corrected chi connectivity index (χ0v) is 18.6. The van der Waals surface area contributed by atoms with Gasteiger partial charge in [0.2, 0.25) is 0 Å². The first kappa shape index (κ1) is 24.4. The van der Waals surface area contributed by atoms with Crippen molar-refractivity contribution in [2.45, 2.75) is 13.0 Å². The largest absolute Gasteiger partial charge is 0.460 e. The van der Waals surface area contributed by atoms with Gasteiger partial charge in [0.25, 0.3) is 0 Å². The Hall–Kier alpha value is -3.27. The van der Waals surface area contributed by atoms with E-state index < -0.39 is 6.10 Å². The lowest BCUT2D eigenvalue weighted by Gasteiger charge is -2.13. The molecule has 0 saturated heterocycles.